The number of carbonyl (C=O) groups is 14. The van der Waals surface area contributed by atoms with Gasteiger partial charge in [-0.15, -0.1) is 168 Å². The van der Waals surface area contributed by atoms with Crippen LogP contribution in [-0.4, -0.2) is 81.0 Å². The highest BCUT2D eigenvalue weighted by Gasteiger charge is 2.36. The van der Waals surface area contributed by atoms with Gasteiger partial charge >= 0.3 is 0 Å². The van der Waals surface area contributed by atoms with Crippen molar-refractivity contribution in [2.45, 2.75) is 232 Å². The standard InChI is InChI=1S/7C8H12O2.7HI/c7*1-8(2)4-6(9)3-7(10)5-8;;;;;;;/h7*3-5H2,1-2H3;7*1H. The Labute approximate surface area is 578 Å². The number of hydrogen-bond acceptors (Lipinski definition) is 14. The van der Waals surface area contributed by atoms with Crippen molar-refractivity contribution in [3.8, 4) is 0 Å². The average molecular weight is 1880 g/mol. The summed E-state index contributed by atoms with van der Waals surface area (Å²) >= 11 is 0. The summed E-state index contributed by atoms with van der Waals surface area (Å²) in [5, 5.41) is 0. The van der Waals surface area contributed by atoms with E-state index in [0.717, 1.165) is 0 Å². The van der Waals surface area contributed by atoms with Crippen LogP contribution < -0.4 is 0 Å². The Kier molecular flexibility index (Phi) is 46.4. The minimum absolute atomic E-state index is 0. The van der Waals surface area contributed by atoms with Crippen molar-refractivity contribution in [1.82, 2.24) is 0 Å². The van der Waals surface area contributed by atoms with Crippen molar-refractivity contribution in [2.24, 2.45) is 37.9 Å². The van der Waals surface area contributed by atoms with Gasteiger partial charge in [0.25, 0.3) is 0 Å². The van der Waals surface area contributed by atoms with Crippen LogP contribution in [0.4, 0.5) is 0 Å². The first kappa shape index (κ1) is 91.2. The van der Waals surface area contributed by atoms with E-state index in [2.05, 4.69) is 0 Å². The van der Waals surface area contributed by atoms with Crippen molar-refractivity contribution >= 4 is 249 Å². The monoisotopic (exact) mass is 1880 g/mol. The maximum absolute atomic E-state index is 10.9. The molecule has 21 heteroatoms. The van der Waals surface area contributed by atoms with Crippen LogP contribution in [0.2, 0.25) is 0 Å². The molecule has 448 valence electrons. The van der Waals surface area contributed by atoms with Gasteiger partial charge in [-0.2, -0.15) is 0 Å². The van der Waals surface area contributed by atoms with Crippen molar-refractivity contribution in [3.05, 3.63) is 0 Å². The van der Waals surface area contributed by atoms with Gasteiger partial charge in [0.05, 0.1) is 44.9 Å². The molecule has 7 saturated carbocycles. The maximum atomic E-state index is 10.9. The Morgan fingerprint density at radius 2 is 0.208 bits per heavy atom. The van der Waals surface area contributed by atoms with Crippen molar-refractivity contribution in [3.63, 3.8) is 0 Å². The summed E-state index contributed by atoms with van der Waals surface area (Å²) in [6, 6.07) is 0. The van der Waals surface area contributed by atoms with Crippen LogP contribution in [0.15, 0.2) is 0 Å². The minimum Gasteiger partial charge on any atom is -0.299 e. The summed E-state index contributed by atoms with van der Waals surface area (Å²) in [5.41, 5.74) is -0.539. The van der Waals surface area contributed by atoms with E-state index in [1.807, 2.05) is 96.9 Å². The van der Waals surface area contributed by atoms with Crippen LogP contribution in [0.25, 0.3) is 0 Å². The third kappa shape index (κ3) is 43.8. The molecule has 0 bridgehead atoms. The van der Waals surface area contributed by atoms with Gasteiger partial charge in [0.1, 0.15) is 81.0 Å². The zero-order valence-electron chi connectivity index (χ0n) is 47.9. The van der Waals surface area contributed by atoms with Crippen molar-refractivity contribution in [2.75, 3.05) is 0 Å². The highest BCUT2D eigenvalue weighted by molar-refractivity contribution is 14.0. The van der Waals surface area contributed by atoms with Crippen LogP contribution in [0.3, 0.4) is 0 Å². The Morgan fingerprint density at radius 3 is 0.247 bits per heavy atom. The predicted molar refractivity (Wildman–Crippen MR) is 371 cm³/mol. The quantitative estimate of drug-likeness (QED) is 0.162. The number of halogens is 7. The van der Waals surface area contributed by atoms with E-state index in [-0.39, 0.29) is 332 Å². The van der Waals surface area contributed by atoms with Crippen LogP contribution in [0.1, 0.15) is 232 Å². The fraction of sp³-hybridized carbons (Fsp3) is 0.750. The maximum Gasteiger partial charge on any atom is 0.140 e. The molecular formula is C56H91I7O14. The molecule has 7 aliphatic carbocycles. The molecule has 0 atom stereocenters. The highest BCUT2D eigenvalue weighted by Crippen LogP contribution is 2.35. The van der Waals surface area contributed by atoms with Crippen LogP contribution in [0, 0.1) is 37.9 Å². The average Bonchev–Trinajstić information content (AvgIpc) is 3.02. The number of rotatable bonds is 0. The summed E-state index contributed by atoms with van der Waals surface area (Å²) in [4.78, 5) is 152. The van der Waals surface area contributed by atoms with E-state index < -0.39 is 0 Å². The molecule has 0 aromatic heterocycles. The predicted octanol–water partition coefficient (Wildman–Crippen LogP) is 13.7. The lowest BCUT2D eigenvalue weighted by Crippen LogP contribution is -2.28. The molecule has 77 heavy (non-hydrogen) atoms. The summed E-state index contributed by atoms with van der Waals surface area (Å²) < 4.78 is 0. The first-order valence-corrected chi connectivity index (χ1v) is 24.7. The van der Waals surface area contributed by atoms with E-state index in [0.29, 0.717) is 89.9 Å². The lowest BCUT2D eigenvalue weighted by molar-refractivity contribution is -0.135. The van der Waals surface area contributed by atoms with Crippen LogP contribution >= 0.6 is 168 Å². The molecular weight excluding hydrogens is 1780 g/mol. The van der Waals surface area contributed by atoms with Crippen LogP contribution in [-0.2, 0) is 67.1 Å². The molecule has 0 amide bonds. The van der Waals surface area contributed by atoms with Gasteiger partial charge in [0, 0.05) is 89.9 Å². The highest BCUT2D eigenvalue weighted by atomic mass is 127. The van der Waals surface area contributed by atoms with Crippen molar-refractivity contribution in [1.29, 1.82) is 0 Å². The Hall–Kier alpha value is 0.490. The van der Waals surface area contributed by atoms with E-state index in [9.17, 15) is 67.1 Å². The summed E-state index contributed by atoms with van der Waals surface area (Å²) in [6.45, 7) is 27.4. The molecule has 0 aromatic rings. The normalized spacial score (nSPS) is 22.7. The summed E-state index contributed by atoms with van der Waals surface area (Å²) in [6.07, 6.45) is 9.15. The molecule has 7 rings (SSSR count). The molecule has 14 nitrogen and oxygen atoms in total. The summed E-state index contributed by atoms with van der Waals surface area (Å²) in [5.74, 6) is 1.38. The third-order valence-electron chi connectivity index (χ3n) is 12.2. The Balaban J connectivity index is -0.000000146. The third-order valence-corrected chi connectivity index (χ3v) is 12.2. The fourth-order valence-corrected chi connectivity index (χ4v) is 10.3. The van der Waals surface area contributed by atoms with Gasteiger partial charge < -0.3 is 0 Å². The molecule has 0 saturated heterocycles. The van der Waals surface area contributed by atoms with Crippen molar-refractivity contribution < 1.29 is 67.1 Å². The molecule has 0 radical (unpaired) electrons. The van der Waals surface area contributed by atoms with Gasteiger partial charge in [0.15, 0.2) is 0 Å². The molecule has 7 aliphatic rings. The van der Waals surface area contributed by atoms with E-state index in [4.69, 9.17) is 0 Å². The molecule has 0 heterocycles. The number of ketones is 14. The van der Waals surface area contributed by atoms with Crippen LogP contribution in [0.5, 0.6) is 0 Å². The van der Waals surface area contributed by atoms with Gasteiger partial charge in [-0.05, 0) is 37.9 Å². The minimum atomic E-state index is -0.0770. The fourth-order valence-electron chi connectivity index (χ4n) is 10.3. The van der Waals surface area contributed by atoms with E-state index in [1.165, 1.54) is 0 Å². The Morgan fingerprint density at radius 1 is 0.156 bits per heavy atom. The lowest BCUT2D eigenvalue weighted by atomic mass is 9.76. The number of hydrogen-bond donors (Lipinski definition) is 0. The molecule has 0 aromatic carbocycles. The van der Waals surface area contributed by atoms with E-state index in [1.54, 1.807) is 0 Å². The molecule has 7 fully saturated rings. The SMILES string of the molecule is CC1(C)CC(=O)CC(=O)C1.CC1(C)CC(=O)CC(=O)C1.CC1(C)CC(=O)CC(=O)C1.CC1(C)CC(=O)CC(=O)C1.CC1(C)CC(=O)CC(=O)C1.CC1(C)CC(=O)CC(=O)C1.CC1(C)CC(=O)CC(=O)C1.I.I.I.I.I.I.I. The largest absolute Gasteiger partial charge is 0.299 e. The van der Waals surface area contributed by atoms with Gasteiger partial charge in [-0.25, -0.2) is 0 Å². The Bertz CT molecular complexity index is 1580. The second-order valence-electron chi connectivity index (χ2n) is 26.4. The van der Waals surface area contributed by atoms with Gasteiger partial charge in [-0.1, -0.05) is 96.9 Å². The lowest BCUT2D eigenvalue weighted by Gasteiger charge is -2.26. The van der Waals surface area contributed by atoms with E-state index >= 15 is 0 Å². The van der Waals surface area contributed by atoms with Gasteiger partial charge in [-0.3, -0.25) is 67.1 Å². The number of carbonyl (C=O) groups excluding carboxylic acids is 14. The zero-order valence-corrected chi connectivity index (χ0v) is 64.2. The topological polar surface area (TPSA) is 239 Å². The second-order valence-corrected chi connectivity index (χ2v) is 26.4. The second kappa shape index (κ2) is 39.2. The molecule has 0 spiro atoms. The summed E-state index contributed by atoms with van der Waals surface area (Å²) in [7, 11) is 0. The van der Waals surface area contributed by atoms with Gasteiger partial charge in [0.2, 0.25) is 0 Å². The first-order valence-electron chi connectivity index (χ1n) is 24.7. The smallest absolute Gasteiger partial charge is 0.140 e. The molecule has 0 aliphatic heterocycles. The zero-order chi connectivity index (χ0) is 54.4. The molecule has 0 N–H and O–H groups in total. The first-order chi connectivity index (χ1) is 31.5. The molecule has 0 unspecified atom stereocenters. The number of Topliss-reactive ketones (excluding diaryl/α,β-unsaturated/α-hetero) is 14.